The summed E-state index contributed by atoms with van der Waals surface area (Å²) in [6, 6.07) is 0.158. The van der Waals surface area contributed by atoms with Crippen LogP contribution in [0.1, 0.15) is 33.1 Å². The molecule has 1 fully saturated rings. The van der Waals surface area contributed by atoms with Gasteiger partial charge in [-0.25, -0.2) is 0 Å². The summed E-state index contributed by atoms with van der Waals surface area (Å²) in [5.41, 5.74) is 7.08. The summed E-state index contributed by atoms with van der Waals surface area (Å²) < 4.78 is 0. The highest BCUT2D eigenvalue weighted by Gasteiger charge is 2.19. The Labute approximate surface area is 81.8 Å². The summed E-state index contributed by atoms with van der Waals surface area (Å²) in [4.78, 5) is 2.36. The van der Waals surface area contributed by atoms with Gasteiger partial charge in [0.15, 0.2) is 0 Å². The number of piperidine rings is 1. The zero-order valence-corrected chi connectivity index (χ0v) is 8.92. The van der Waals surface area contributed by atoms with Crippen molar-refractivity contribution < 1.29 is 0 Å². The van der Waals surface area contributed by atoms with Crippen LogP contribution in [0.3, 0.4) is 0 Å². The minimum Gasteiger partial charge on any atom is -0.374 e. The van der Waals surface area contributed by atoms with Gasteiger partial charge < -0.3 is 10.6 Å². The van der Waals surface area contributed by atoms with Crippen molar-refractivity contribution in [1.82, 2.24) is 4.90 Å². The second-order valence-electron chi connectivity index (χ2n) is 4.20. The van der Waals surface area contributed by atoms with Crippen LogP contribution in [-0.2, 0) is 0 Å². The van der Waals surface area contributed by atoms with E-state index in [1.54, 1.807) is 0 Å². The van der Waals surface area contributed by atoms with Crippen LogP contribution < -0.4 is 5.73 Å². The molecule has 1 saturated heterocycles. The fraction of sp³-hybridized carbons (Fsp3) is 0.818. The van der Waals surface area contributed by atoms with Gasteiger partial charge in [-0.05, 0) is 25.2 Å². The van der Waals surface area contributed by atoms with Crippen molar-refractivity contribution in [3.8, 4) is 0 Å². The van der Waals surface area contributed by atoms with E-state index in [1.807, 2.05) is 0 Å². The maximum atomic E-state index is 5.95. The van der Waals surface area contributed by atoms with E-state index < -0.39 is 0 Å². The summed E-state index contributed by atoms with van der Waals surface area (Å²) in [5, 5.41) is 0. The molecular weight excluding hydrogens is 160 g/mol. The molecule has 0 saturated carbocycles. The monoisotopic (exact) mass is 182 g/mol. The summed E-state index contributed by atoms with van der Waals surface area (Å²) in [6.07, 6.45) is 3.63. The largest absolute Gasteiger partial charge is 0.374 e. The molecule has 2 unspecified atom stereocenters. The first-order valence-electron chi connectivity index (χ1n) is 5.34. The number of likely N-dealkylation sites (tertiary alicyclic amines) is 1. The van der Waals surface area contributed by atoms with E-state index in [1.165, 1.54) is 12.8 Å². The lowest BCUT2D eigenvalue weighted by Crippen LogP contribution is -2.39. The first kappa shape index (κ1) is 10.6. The van der Waals surface area contributed by atoms with E-state index in [9.17, 15) is 0 Å². The maximum absolute atomic E-state index is 5.95. The second kappa shape index (κ2) is 4.66. The quantitative estimate of drug-likeness (QED) is 0.723. The molecule has 0 aliphatic carbocycles. The topological polar surface area (TPSA) is 29.3 Å². The number of nitrogens with two attached hydrogens (primary N) is 1. The highest BCUT2D eigenvalue weighted by molar-refractivity contribution is 5.04. The van der Waals surface area contributed by atoms with E-state index in [-0.39, 0.29) is 6.04 Å². The molecule has 0 aromatic rings. The Kier molecular flexibility index (Phi) is 3.79. The fourth-order valence-electron chi connectivity index (χ4n) is 1.92. The molecule has 0 bridgehead atoms. The molecular formula is C11H22N2. The maximum Gasteiger partial charge on any atom is 0.0437 e. The molecule has 1 rings (SSSR count). The summed E-state index contributed by atoms with van der Waals surface area (Å²) in [5.74, 6) is 0.801. The van der Waals surface area contributed by atoms with Gasteiger partial charge in [-0.3, -0.25) is 0 Å². The smallest absolute Gasteiger partial charge is 0.0437 e. The molecule has 1 aliphatic heterocycles. The van der Waals surface area contributed by atoms with Crippen molar-refractivity contribution in [1.29, 1.82) is 0 Å². The van der Waals surface area contributed by atoms with Crippen molar-refractivity contribution in [2.75, 3.05) is 13.1 Å². The number of nitrogens with zero attached hydrogens (tertiary/aromatic N) is 1. The van der Waals surface area contributed by atoms with Crippen molar-refractivity contribution in [3.05, 3.63) is 12.3 Å². The third-order valence-corrected chi connectivity index (χ3v) is 2.93. The number of hydrogen-bond acceptors (Lipinski definition) is 2. The Morgan fingerprint density at radius 2 is 2.38 bits per heavy atom. The molecule has 13 heavy (non-hydrogen) atoms. The van der Waals surface area contributed by atoms with E-state index in [4.69, 9.17) is 5.73 Å². The Balaban J connectivity index is 2.46. The van der Waals surface area contributed by atoms with Crippen molar-refractivity contribution in [3.63, 3.8) is 0 Å². The summed E-state index contributed by atoms with van der Waals surface area (Å²) in [6.45, 7) is 10.8. The van der Waals surface area contributed by atoms with Crippen LogP contribution in [0, 0.1) is 5.92 Å². The molecule has 2 atom stereocenters. The molecule has 1 aliphatic rings. The number of hydrogen-bond donors (Lipinski definition) is 1. The normalized spacial score (nSPS) is 25.8. The van der Waals surface area contributed by atoms with Crippen LogP contribution in [0.4, 0.5) is 0 Å². The predicted octanol–water partition coefficient (Wildman–Crippen LogP) is 1.97. The average Bonchev–Trinajstić information content (AvgIpc) is 2.15. The van der Waals surface area contributed by atoms with Gasteiger partial charge in [0, 0.05) is 24.8 Å². The lowest BCUT2D eigenvalue weighted by molar-refractivity contribution is 0.218. The van der Waals surface area contributed by atoms with Gasteiger partial charge >= 0.3 is 0 Å². The van der Waals surface area contributed by atoms with Gasteiger partial charge in [0.1, 0.15) is 0 Å². The fourth-order valence-corrected chi connectivity index (χ4v) is 1.92. The highest BCUT2D eigenvalue weighted by atomic mass is 15.2. The predicted molar refractivity (Wildman–Crippen MR) is 57.4 cm³/mol. The Bertz CT molecular complexity index is 177. The first-order chi connectivity index (χ1) is 6.15. The van der Waals surface area contributed by atoms with E-state index >= 15 is 0 Å². The first-order valence-corrected chi connectivity index (χ1v) is 5.34. The van der Waals surface area contributed by atoms with Gasteiger partial charge in [0.05, 0.1) is 0 Å². The van der Waals surface area contributed by atoms with Crippen LogP contribution in [0.5, 0.6) is 0 Å². The standard InChI is InChI=1S/C11H22N2/c1-4-11(12)10(3)13-7-5-6-9(2)8-13/h9,11H,3-8,12H2,1-2H3. The number of rotatable bonds is 3. The molecule has 0 spiro atoms. The van der Waals surface area contributed by atoms with Crippen LogP contribution in [-0.4, -0.2) is 24.0 Å². The molecule has 0 amide bonds. The van der Waals surface area contributed by atoms with Crippen LogP contribution in [0.2, 0.25) is 0 Å². The molecule has 1 heterocycles. The van der Waals surface area contributed by atoms with Crippen LogP contribution in [0.15, 0.2) is 12.3 Å². The second-order valence-corrected chi connectivity index (χ2v) is 4.20. The third kappa shape index (κ3) is 2.73. The zero-order valence-electron chi connectivity index (χ0n) is 8.92. The van der Waals surface area contributed by atoms with E-state index in [0.717, 1.165) is 31.1 Å². The van der Waals surface area contributed by atoms with Crippen molar-refractivity contribution in [2.45, 2.75) is 39.2 Å². The Morgan fingerprint density at radius 3 is 2.92 bits per heavy atom. The van der Waals surface area contributed by atoms with Gasteiger partial charge in [0.25, 0.3) is 0 Å². The van der Waals surface area contributed by atoms with Gasteiger partial charge in [-0.15, -0.1) is 0 Å². The minimum absolute atomic E-state index is 0.158. The van der Waals surface area contributed by atoms with Gasteiger partial charge in [0.2, 0.25) is 0 Å². The van der Waals surface area contributed by atoms with Crippen LogP contribution >= 0.6 is 0 Å². The Morgan fingerprint density at radius 1 is 1.69 bits per heavy atom. The van der Waals surface area contributed by atoms with Crippen molar-refractivity contribution >= 4 is 0 Å². The zero-order chi connectivity index (χ0) is 9.84. The molecule has 2 heteroatoms. The lowest BCUT2D eigenvalue weighted by atomic mass is 9.98. The van der Waals surface area contributed by atoms with Crippen molar-refractivity contribution in [2.24, 2.45) is 11.7 Å². The molecule has 0 aromatic carbocycles. The Hall–Kier alpha value is -0.500. The molecule has 0 aromatic heterocycles. The van der Waals surface area contributed by atoms with Gasteiger partial charge in [-0.2, -0.15) is 0 Å². The summed E-state index contributed by atoms with van der Waals surface area (Å²) >= 11 is 0. The van der Waals surface area contributed by atoms with E-state index in [0.29, 0.717) is 0 Å². The van der Waals surface area contributed by atoms with Crippen LogP contribution in [0.25, 0.3) is 0 Å². The average molecular weight is 182 g/mol. The van der Waals surface area contributed by atoms with E-state index in [2.05, 4.69) is 25.3 Å². The minimum atomic E-state index is 0.158. The molecule has 2 nitrogen and oxygen atoms in total. The van der Waals surface area contributed by atoms with Gasteiger partial charge in [-0.1, -0.05) is 20.4 Å². The molecule has 76 valence electrons. The lowest BCUT2D eigenvalue weighted by Gasteiger charge is -2.36. The summed E-state index contributed by atoms with van der Waals surface area (Å²) in [7, 11) is 0. The molecule has 0 radical (unpaired) electrons. The third-order valence-electron chi connectivity index (χ3n) is 2.93. The SMILES string of the molecule is C=C(C(N)CC)N1CCCC(C)C1. The molecule has 2 N–H and O–H groups in total. The highest BCUT2D eigenvalue weighted by Crippen LogP contribution is 2.20.